The molecule has 0 aliphatic carbocycles. The molecule has 0 radical (unpaired) electrons. The van der Waals surface area contributed by atoms with Crippen molar-refractivity contribution in [3.05, 3.63) is 48.6 Å². The van der Waals surface area contributed by atoms with Gasteiger partial charge in [0, 0.05) is 12.8 Å². The van der Waals surface area contributed by atoms with E-state index in [9.17, 15) is 33.8 Å². The Balaban J connectivity index is 4.54. The molecule has 63 heavy (non-hydrogen) atoms. The molecule has 0 saturated heterocycles. The van der Waals surface area contributed by atoms with Crippen molar-refractivity contribution in [3.8, 4) is 0 Å². The summed E-state index contributed by atoms with van der Waals surface area (Å²) >= 11 is 0. The van der Waals surface area contributed by atoms with E-state index in [1.54, 1.807) is 6.92 Å². The number of rotatable bonds is 44. The van der Waals surface area contributed by atoms with E-state index >= 15 is 0 Å². The van der Waals surface area contributed by atoms with Crippen molar-refractivity contribution in [2.45, 2.75) is 206 Å². The third-order valence-electron chi connectivity index (χ3n) is 9.91. The van der Waals surface area contributed by atoms with E-state index in [4.69, 9.17) is 23.8 Å². The van der Waals surface area contributed by atoms with Crippen LogP contribution in [0.5, 0.6) is 0 Å². The number of allylic oxidation sites excluding steroid dienone is 8. The Morgan fingerprint density at radius 2 is 0.921 bits per heavy atom. The molecule has 0 aliphatic heterocycles. The Bertz CT molecular complexity index is 1330. The number of carbonyl (C=O) groups excluding carboxylic acids is 2. The van der Waals surface area contributed by atoms with Crippen molar-refractivity contribution < 1.29 is 66.7 Å². The van der Waals surface area contributed by atoms with Crippen molar-refractivity contribution in [3.63, 3.8) is 0 Å². The Labute approximate surface area is 380 Å². The minimum absolute atomic E-state index is 0.108. The van der Waals surface area contributed by atoms with Gasteiger partial charge in [-0.15, -0.1) is 0 Å². The minimum atomic E-state index is -4.87. The molecule has 0 heterocycles. The first kappa shape index (κ1) is 61.0. The fourth-order valence-corrected chi connectivity index (χ4v) is 7.47. The summed E-state index contributed by atoms with van der Waals surface area (Å²) in [5, 5.41) is 19.0. The number of aliphatic hydroxyl groups excluding tert-OH is 2. The van der Waals surface area contributed by atoms with Crippen molar-refractivity contribution in [1.82, 2.24) is 0 Å². The number of hydrogen-bond donors (Lipinski definition) is 5. The molecule has 0 aliphatic rings. The van der Waals surface area contributed by atoms with Gasteiger partial charge in [0.15, 0.2) is 6.10 Å². The molecular formula is C47H86O14P2. The first-order valence-corrected chi connectivity index (χ1v) is 26.7. The van der Waals surface area contributed by atoms with Crippen LogP contribution in [0.25, 0.3) is 0 Å². The molecule has 0 aromatic carbocycles. The fourth-order valence-electron chi connectivity index (χ4n) is 6.31. The Kier molecular flexibility index (Phi) is 40.2. The maximum absolute atomic E-state index is 12.7. The number of phosphoric acid groups is 2. The van der Waals surface area contributed by atoms with Gasteiger partial charge in [-0.1, -0.05) is 159 Å². The number of unbranched alkanes of at least 4 members (excludes halogenated alkanes) is 16. The SMILES string of the molecule is CC(C)CCCCCCCCCCCCCCCCCC(=O)O[C@H](COC(=O)CCC/C=C\C/C=C\C/C=C\C/C=C\CCC[C@@H](C)O)COP(=O)(O)OC[C@@H](O)COP(=O)(O)O. The second-order valence-corrected chi connectivity index (χ2v) is 19.5. The van der Waals surface area contributed by atoms with Crippen LogP contribution in [0, 0.1) is 5.92 Å². The van der Waals surface area contributed by atoms with Gasteiger partial charge >= 0.3 is 27.6 Å². The van der Waals surface area contributed by atoms with Crippen LogP contribution in [-0.2, 0) is 41.8 Å². The van der Waals surface area contributed by atoms with Gasteiger partial charge in [-0.2, -0.15) is 0 Å². The first-order chi connectivity index (χ1) is 30.1. The molecule has 5 N–H and O–H groups in total. The largest absolute Gasteiger partial charge is 0.472 e. The molecule has 0 spiro atoms. The van der Waals surface area contributed by atoms with Crippen LogP contribution in [-0.4, -0.2) is 81.6 Å². The molecule has 4 atom stereocenters. The minimum Gasteiger partial charge on any atom is -0.462 e. The third kappa shape index (κ3) is 47.8. The lowest BCUT2D eigenvalue weighted by Gasteiger charge is -2.20. The summed E-state index contributed by atoms with van der Waals surface area (Å²) in [6.07, 6.45) is 39.5. The highest BCUT2D eigenvalue weighted by molar-refractivity contribution is 7.47. The molecule has 16 heteroatoms. The topological polar surface area (TPSA) is 216 Å². The van der Waals surface area contributed by atoms with Gasteiger partial charge in [-0.25, -0.2) is 9.13 Å². The molecule has 0 saturated carbocycles. The Hall–Kier alpha value is -1.96. The molecule has 368 valence electrons. The molecular weight excluding hydrogens is 850 g/mol. The van der Waals surface area contributed by atoms with Crippen molar-refractivity contribution in [1.29, 1.82) is 0 Å². The molecule has 0 aromatic heterocycles. The van der Waals surface area contributed by atoms with Crippen LogP contribution in [0.1, 0.15) is 188 Å². The number of aliphatic hydroxyl groups is 2. The highest BCUT2D eigenvalue weighted by Gasteiger charge is 2.28. The van der Waals surface area contributed by atoms with Crippen LogP contribution in [0.15, 0.2) is 48.6 Å². The summed E-state index contributed by atoms with van der Waals surface area (Å²) in [4.78, 5) is 52.8. The van der Waals surface area contributed by atoms with Gasteiger partial charge in [0.25, 0.3) is 0 Å². The monoisotopic (exact) mass is 937 g/mol. The van der Waals surface area contributed by atoms with Gasteiger partial charge in [-0.3, -0.25) is 23.2 Å². The molecule has 0 aromatic rings. The van der Waals surface area contributed by atoms with Crippen LogP contribution in [0.3, 0.4) is 0 Å². The molecule has 0 fully saturated rings. The van der Waals surface area contributed by atoms with Gasteiger partial charge in [-0.05, 0) is 70.6 Å². The molecule has 0 amide bonds. The summed E-state index contributed by atoms with van der Waals surface area (Å²) in [5.74, 6) is -0.299. The predicted octanol–water partition coefficient (Wildman–Crippen LogP) is 11.4. The highest BCUT2D eigenvalue weighted by Crippen LogP contribution is 2.43. The molecule has 0 rings (SSSR count). The van der Waals surface area contributed by atoms with Crippen LogP contribution < -0.4 is 0 Å². The summed E-state index contributed by atoms with van der Waals surface area (Å²) in [5.41, 5.74) is 0. The van der Waals surface area contributed by atoms with Crippen molar-refractivity contribution in [2.75, 3.05) is 26.4 Å². The van der Waals surface area contributed by atoms with Crippen LogP contribution in [0.2, 0.25) is 0 Å². The zero-order valence-electron chi connectivity index (χ0n) is 38.9. The zero-order chi connectivity index (χ0) is 46.9. The Morgan fingerprint density at radius 1 is 0.492 bits per heavy atom. The standard InChI is InChI=1S/C47H86O14P2/c1-42(2)34-30-26-22-18-14-10-6-4-9-13-17-21-25-29-33-37-47(51)61-45(41-60-63(55,56)59-39-44(49)38-58-62(52,53)54)40-57-46(50)36-32-28-24-20-16-12-8-5-7-11-15-19-23-27-31-35-43(3)48/h7-8,11-12,19-20,23-24,42-45,48-49H,4-6,9-10,13-18,21-22,25-41H2,1-3H3,(H,55,56)(H2,52,53,54)/b11-7-,12-8-,23-19-,24-20-/t43-,44+,45-/m1/s1. The van der Waals surface area contributed by atoms with Crippen molar-refractivity contribution >= 4 is 27.6 Å². The molecule has 14 nitrogen and oxygen atoms in total. The second kappa shape index (κ2) is 41.5. The number of ether oxygens (including phenoxy) is 2. The maximum Gasteiger partial charge on any atom is 0.472 e. The normalized spacial score (nSPS) is 14.9. The average molecular weight is 937 g/mol. The molecule has 1 unspecified atom stereocenters. The maximum atomic E-state index is 12.7. The van der Waals surface area contributed by atoms with E-state index in [-0.39, 0.29) is 18.9 Å². The summed E-state index contributed by atoms with van der Waals surface area (Å²) in [7, 11) is -9.70. The Morgan fingerprint density at radius 3 is 1.41 bits per heavy atom. The highest BCUT2D eigenvalue weighted by atomic mass is 31.2. The smallest absolute Gasteiger partial charge is 0.462 e. The number of carbonyl (C=O) groups is 2. The lowest BCUT2D eigenvalue weighted by Crippen LogP contribution is -2.30. The average Bonchev–Trinajstić information content (AvgIpc) is 3.22. The van der Waals surface area contributed by atoms with E-state index < -0.39 is 66.2 Å². The summed E-state index contributed by atoms with van der Waals surface area (Å²) in [6.45, 7) is 3.60. The van der Waals surface area contributed by atoms with E-state index in [2.05, 4.69) is 59.4 Å². The van der Waals surface area contributed by atoms with Crippen molar-refractivity contribution in [2.24, 2.45) is 5.92 Å². The summed E-state index contributed by atoms with van der Waals surface area (Å²) < 4.78 is 47.8. The van der Waals surface area contributed by atoms with Crippen LogP contribution >= 0.6 is 15.6 Å². The first-order valence-electron chi connectivity index (χ1n) is 23.7. The van der Waals surface area contributed by atoms with E-state index in [0.29, 0.717) is 19.3 Å². The summed E-state index contributed by atoms with van der Waals surface area (Å²) in [6, 6.07) is 0. The molecule has 0 bridgehead atoms. The van der Waals surface area contributed by atoms with Gasteiger partial charge in [0.05, 0.1) is 25.9 Å². The van der Waals surface area contributed by atoms with Gasteiger partial charge in [0.1, 0.15) is 12.7 Å². The van der Waals surface area contributed by atoms with E-state index in [1.807, 2.05) is 12.2 Å². The predicted molar refractivity (Wildman–Crippen MR) is 250 cm³/mol. The second-order valence-electron chi connectivity index (χ2n) is 16.8. The number of hydrogen-bond acceptors (Lipinski definition) is 11. The van der Waals surface area contributed by atoms with E-state index in [0.717, 1.165) is 63.7 Å². The lowest BCUT2D eigenvalue weighted by molar-refractivity contribution is -0.161. The number of phosphoric ester groups is 2. The fraction of sp³-hybridized carbons (Fsp3) is 0.787. The number of esters is 2. The van der Waals surface area contributed by atoms with Crippen LogP contribution in [0.4, 0.5) is 0 Å². The third-order valence-corrected chi connectivity index (χ3v) is 11.3. The zero-order valence-corrected chi connectivity index (χ0v) is 40.7. The van der Waals surface area contributed by atoms with Gasteiger partial charge in [0.2, 0.25) is 0 Å². The lowest BCUT2D eigenvalue weighted by atomic mass is 10.0. The van der Waals surface area contributed by atoms with Gasteiger partial charge < -0.3 is 34.4 Å². The van der Waals surface area contributed by atoms with E-state index in [1.165, 1.54) is 77.0 Å². The quantitative estimate of drug-likeness (QED) is 0.0166.